The van der Waals surface area contributed by atoms with Gasteiger partial charge in [0.2, 0.25) is 11.9 Å². The maximum absolute atomic E-state index is 11.7. The number of aromatic nitrogens is 2. The van der Waals surface area contributed by atoms with Crippen LogP contribution in [0.4, 0.5) is 5.95 Å². The number of aryl methyl sites for hydroxylation is 2. The van der Waals surface area contributed by atoms with E-state index in [0.29, 0.717) is 5.95 Å². The highest BCUT2D eigenvalue weighted by atomic mass is 16.2. The van der Waals surface area contributed by atoms with E-state index in [0.717, 1.165) is 24.1 Å². The molecule has 1 saturated carbocycles. The van der Waals surface area contributed by atoms with Gasteiger partial charge in [-0.05, 0) is 32.3 Å². The van der Waals surface area contributed by atoms with Crippen molar-refractivity contribution < 1.29 is 4.79 Å². The van der Waals surface area contributed by atoms with E-state index in [9.17, 15) is 4.79 Å². The van der Waals surface area contributed by atoms with Gasteiger partial charge in [-0.25, -0.2) is 9.97 Å². The van der Waals surface area contributed by atoms with Crippen LogP contribution in [0.1, 0.15) is 24.1 Å². The van der Waals surface area contributed by atoms with Gasteiger partial charge in [-0.15, -0.1) is 0 Å². The molecule has 4 nitrogen and oxygen atoms in total. The number of hydrogen-bond acceptors (Lipinski definition) is 3. The zero-order chi connectivity index (χ0) is 11.0. The third kappa shape index (κ3) is 1.98. The molecule has 0 spiro atoms. The Bertz CT molecular complexity index is 399. The first-order valence-electron chi connectivity index (χ1n) is 5.17. The maximum Gasteiger partial charge on any atom is 0.232 e. The van der Waals surface area contributed by atoms with Crippen LogP contribution in [0.3, 0.4) is 0 Å². The van der Waals surface area contributed by atoms with Crippen molar-refractivity contribution in [3.63, 3.8) is 0 Å². The van der Waals surface area contributed by atoms with E-state index in [2.05, 4.69) is 9.97 Å². The standard InChI is InChI=1S/C11H15N3O/c1-7-6-12-11(13-8(7)2)14(3)10(15)9-4-5-9/h6,9H,4-5H2,1-3H3. The molecule has 1 aliphatic carbocycles. The fraction of sp³-hybridized carbons (Fsp3) is 0.545. The van der Waals surface area contributed by atoms with E-state index < -0.39 is 0 Å². The minimum absolute atomic E-state index is 0.137. The van der Waals surface area contributed by atoms with Gasteiger partial charge < -0.3 is 0 Å². The van der Waals surface area contributed by atoms with Crippen molar-refractivity contribution in [3.8, 4) is 0 Å². The Balaban J connectivity index is 2.20. The molecule has 1 fully saturated rings. The third-order valence-electron chi connectivity index (χ3n) is 2.77. The Morgan fingerprint density at radius 3 is 2.67 bits per heavy atom. The fourth-order valence-corrected chi connectivity index (χ4v) is 1.38. The normalized spacial score (nSPS) is 15.1. The van der Waals surface area contributed by atoms with Crippen molar-refractivity contribution >= 4 is 11.9 Å². The molecule has 15 heavy (non-hydrogen) atoms. The van der Waals surface area contributed by atoms with Crippen LogP contribution in [-0.2, 0) is 4.79 Å². The Morgan fingerprint density at radius 2 is 2.13 bits per heavy atom. The van der Waals surface area contributed by atoms with Gasteiger partial charge in [-0.3, -0.25) is 9.69 Å². The summed E-state index contributed by atoms with van der Waals surface area (Å²) in [4.78, 5) is 21.8. The second kappa shape index (κ2) is 3.61. The lowest BCUT2D eigenvalue weighted by Crippen LogP contribution is -2.29. The minimum atomic E-state index is 0.137. The van der Waals surface area contributed by atoms with Crippen LogP contribution in [0.25, 0.3) is 0 Å². The molecule has 0 aliphatic heterocycles. The first-order chi connectivity index (χ1) is 7.09. The van der Waals surface area contributed by atoms with Gasteiger partial charge in [0.05, 0.1) is 0 Å². The third-order valence-corrected chi connectivity index (χ3v) is 2.77. The highest BCUT2D eigenvalue weighted by Gasteiger charge is 2.33. The van der Waals surface area contributed by atoms with Gasteiger partial charge in [0.15, 0.2) is 0 Å². The van der Waals surface area contributed by atoms with Gasteiger partial charge in [0.1, 0.15) is 0 Å². The largest absolute Gasteiger partial charge is 0.284 e. The molecule has 0 aromatic carbocycles. The number of rotatable bonds is 2. The molecule has 0 unspecified atom stereocenters. The number of carbonyl (C=O) groups excluding carboxylic acids is 1. The smallest absolute Gasteiger partial charge is 0.232 e. The van der Waals surface area contributed by atoms with Crippen LogP contribution in [0, 0.1) is 19.8 Å². The first kappa shape index (κ1) is 10.1. The Hall–Kier alpha value is -1.45. The van der Waals surface area contributed by atoms with Crippen molar-refractivity contribution in [2.24, 2.45) is 5.92 Å². The monoisotopic (exact) mass is 205 g/mol. The Morgan fingerprint density at radius 1 is 1.47 bits per heavy atom. The van der Waals surface area contributed by atoms with E-state index in [1.54, 1.807) is 18.1 Å². The average molecular weight is 205 g/mol. The van der Waals surface area contributed by atoms with Gasteiger partial charge >= 0.3 is 0 Å². The Kier molecular flexibility index (Phi) is 2.42. The van der Waals surface area contributed by atoms with Gasteiger partial charge in [0.25, 0.3) is 0 Å². The van der Waals surface area contributed by atoms with E-state index in [4.69, 9.17) is 0 Å². The molecule has 0 saturated heterocycles. The molecule has 80 valence electrons. The topological polar surface area (TPSA) is 46.1 Å². The molecular weight excluding hydrogens is 190 g/mol. The summed E-state index contributed by atoms with van der Waals surface area (Å²) in [6.07, 6.45) is 3.77. The number of nitrogens with zero attached hydrogens (tertiary/aromatic N) is 3. The number of hydrogen-bond donors (Lipinski definition) is 0. The molecule has 2 rings (SSSR count). The summed E-state index contributed by atoms with van der Waals surface area (Å²) in [5.74, 6) is 0.855. The van der Waals surface area contributed by atoms with Crippen molar-refractivity contribution in [1.82, 2.24) is 9.97 Å². The van der Waals surface area contributed by atoms with Crippen LogP contribution in [0.5, 0.6) is 0 Å². The highest BCUT2D eigenvalue weighted by Crippen LogP contribution is 2.31. The summed E-state index contributed by atoms with van der Waals surface area (Å²) < 4.78 is 0. The number of carbonyl (C=O) groups is 1. The second-order valence-corrected chi connectivity index (χ2v) is 4.11. The molecule has 1 heterocycles. The molecule has 1 aromatic rings. The van der Waals surface area contributed by atoms with Crippen molar-refractivity contribution in [1.29, 1.82) is 0 Å². The van der Waals surface area contributed by atoms with Gasteiger partial charge in [-0.2, -0.15) is 0 Å². The lowest BCUT2D eigenvalue weighted by Gasteiger charge is -2.15. The average Bonchev–Trinajstić information content (AvgIpc) is 3.03. The van der Waals surface area contributed by atoms with Crippen molar-refractivity contribution in [2.75, 3.05) is 11.9 Å². The zero-order valence-electron chi connectivity index (χ0n) is 9.32. The summed E-state index contributed by atoms with van der Waals surface area (Å²) >= 11 is 0. The molecule has 1 aromatic heterocycles. The summed E-state index contributed by atoms with van der Waals surface area (Å²) in [5, 5.41) is 0. The predicted octanol–water partition coefficient (Wildman–Crippen LogP) is 1.47. The molecule has 1 amide bonds. The van der Waals surface area contributed by atoms with Crippen LogP contribution in [-0.4, -0.2) is 22.9 Å². The van der Waals surface area contributed by atoms with Crippen LogP contribution in [0.15, 0.2) is 6.20 Å². The van der Waals surface area contributed by atoms with Gasteiger partial charge in [0, 0.05) is 24.9 Å². The van der Waals surface area contributed by atoms with E-state index in [1.807, 2.05) is 13.8 Å². The van der Waals surface area contributed by atoms with E-state index in [-0.39, 0.29) is 11.8 Å². The molecule has 0 radical (unpaired) electrons. The summed E-state index contributed by atoms with van der Waals surface area (Å²) in [6.45, 7) is 3.89. The van der Waals surface area contributed by atoms with Crippen LogP contribution >= 0.6 is 0 Å². The van der Waals surface area contributed by atoms with Crippen molar-refractivity contribution in [3.05, 3.63) is 17.5 Å². The quantitative estimate of drug-likeness (QED) is 0.734. The molecule has 1 aliphatic rings. The van der Waals surface area contributed by atoms with Crippen molar-refractivity contribution in [2.45, 2.75) is 26.7 Å². The minimum Gasteiger partial charge on any atom is -0.284 e. The van der Waals surface area contributed by atoms with Crippen LogP contribution < -0.4 is 4.90 Å². The fourth-order valence-electron chi connectivity index (χ4n) is 1.38. The lowest BCUT2D eigenvalue weighted by molar-refractivity contribution is -0.119. The highest BCUT2D eigenvalue weighted by molar-refractivity contribution is 5.94. The second-order valence-electron chi connectivity index (χ2n) is 4.11. The molecule has 4 heteroatoms. The predicted molar refractivity (Wildman–Crippen MR) is 57.6 cm³/mol. The molecular formula is C11H15N3O. The van der Waals surface area contributed by atoms with Crippen LogP contribution in [0.2, 0.25) is 0 Å². The number of amides is 1. The Labute approximate surface area is 89.3 Å². The number of anilines is 1. The molecule has 0 atom stereocenters. The lowest BCUT2D eigenvalue weighted by atomic mass is 10.3. The summed E-state index contributed by atoms with van der Waals surface area (Å²) in [5.41, 5.74) is 1.97. The van der Waals surface area contributed by atoms with E-state index in [1.165, 1.54) is 0 Å². The molecule has 0 N–H and O–H groups in total. The summed E-state index contributed by atoms with van der Waals surface area (Å²) in [6, 6.07) is 0. The molecule has 0 bridgehead atoms. The van der Waals surface area contributed by atoms with E-state index >= 15 is 0 Å². The maximum atomic E-state index is 11.7. The summed E-state index contributed by atoms with van der Waals surface area (Å²) in [7, 11) is 1.74. The van der Waals surface area contributed by atoms with Gasteiger partial charge in [-0.1, -0.05) is 0 Å². The zero-order valence-corrected chi connectivity index (χ0v) is 9.32. The first-order valence-corrected chi connectivity index (χ1v) is 5.17. The SMILES string of the molecule is Cc1cnc(N(C)C(=O)C2CC2)nc1C.